The topological polar surface area (TPSA) is 126 Å². The van der Waals surface area contributed by atoms with E-state index in [1.165, 1.54) is 13.1 Å². The maximum atomic E-state index is 12.0. The van der Waals surface area contributed by atoms with Gasteiger partial charge in [-0.05, 0) is 32.0 Å². The van der Waals surface area contributed by atoms with Crippen LogP contribution in [0.15, 0.2) is 21.6 Å². The molecule has 1 aromatic heterocycles. The fourth-order valence-corrected chi connectivity index (χ4v) is 2.55. The van der Waals surface area contributed by atoms with Crippen molar-refractivity contribution in [3.63, 3.8) is 0 Å². The van der Waals surface area contributed by atoms with Gasteiger partial charge in [-0.2, -0.15) is 0 Å². The molecule has 9 heteroatoms. The highest BCUT2D eigenvalue weighted by molar-refractivity contribution is 7.89. The Balaban J connectivity index is 2.85. The second-order valence-corrected chi connectivity index (χ2v) is 6.62. The molecule has 0 aliphatic heterocycles. The van der Waals surface area contributed by atoms with E-state index in [9.17, 15) is 23.1 Å². The number of nitrogens with one attached hydrogen (secondary N) is 2. The lowest BCUT2D eigenvalue weighted by molar-refractivity contribution is -0.149. The summed E-state index contributed by atoms with van der Waals surface area (Å²) >= 11 is 0. The average Bonchev–Trinajstić information content (AvgIpc) is 2.99. The maximum Gasteiger partial charge on any atom is 0.311 e. The average molecular weight is 332 g/mol. The van der Waals surface area contributed by atoms with E-state index in [-0.39, 0.29) is 17.4 Å². The van der Waals surface area contributed by atoms with Crippen LogP contribution in [0.5, 0.6) is 0 Å². The third-order valence-electron chi connectivity index (χ3n) is 3.73. The lowest BCUT2D eigenvalue weighted by Crippen LogP contribution is -2.42. The summed E-state index contributed by atoms with van der Waals surface area (Å²) in [6.45, 7) is 3.39. The van der Waals surface area contributed by atoms with Crippen LogP contribution in [0.2, 0.25) is 0 Å². The molecule has 0 unspecified atom stereocenters. The second-order valence-electron chi connectivity index (χ2n) is 4.80. The van der Waals surface area contributed by atoms with E-state index in [1.54, 1.807) is 13.8 Å². The number of carboxylic acid groups (broad SMARTS) is 1. The summed E-state index contributed by atoms with van der Waals surface area (Å²) in [5.74, 6) is -1.85. The van der Waals surface area contributed by atoms with Gasteiger partial charge in [0.1, 0.15) is 0 Å². The number of amides is 1. The van der Waals surface area contributed by atoms with Gasteiger partial charge in [0.05, 0.1) is 5.41 Å². The first-order valence-corrected chi connectivity index (χ1v) is 8.25. The first-order valence-electron chi connectivity index (χ1n) is 6.77. The molecule has 0 bridgehead atoms. The molecule has 22 heavy (non-hydrogen) atoms. The zero-order valence-electron chi connectivity index (χ0n) is 12.7. The Bertz CT molecular complexity index is 645. The summed E-state index contributed by atoms with van der Waals surface area (Å²) in [5, 5.41) is 11.4. The molecule has 1 aromatic rings. The molecule has 0 fully saturated rings. The molecule has 0 saturated carbocycles. The van der Waals surface area contributed by atoms with Crippen LogP contribution in [0.25, 0.3) is 0 Å². The number of furan rings is 1. The monoisotopic (exact) mass is 332 g/mol. The van der Waals surface area contributed by atoms with Crippen molar-refractivity contribution in [2.45, 2.75) is 31.8 Å². The normalized spacial score (nSPS) is 12.1. The summed E-state index contributed by atoms with van der Waals surface area (Å²) in [4.78, 5) is 23.3. The van der Waals surface area contributed by atoms with Gasteiger partial charge in [-0.1, -0.05) is 13.8 Å². The Morgan fingerprint density at radius 2 is 1.86 bits per heavy atom. The minimum atomic E-state index is -3.77. The highest BCUT2D eigenvalue weighted by atomic mass is 32.2. The Morgan fingerprint density at radius 1 is 1.27 bits per heavy atom. The van der Waals surface area contributed by atoms with Crippen LogP contribution >= 0.6 is 0 Å². The molecule has 0 atom stereocenters. The molecule has 124 valence electrons. The van der Waals surface area contributed by atoms with Crippen LogP contribution in [-0.2, 0) is 14.8 Å². The third-order valence-corrected chi connectivity index (χ3v) is 5.02. The lowest BCUT2D eigenvalue weighted by atomic mass is 9.82. The van der Waals surface area contributed by atoms with Crippen molar-refractivity contribution in [1.29, 1.82) is 0 Å². The first-order chi connectivity index (χ1) is 10.2. The van der Waals surface area contributed by atoms with Crippen molar-refractivity contribution in [1.82, 2.24) is 10.0 Å². The van der Waals surface area contributed by atoms with Gasteiger partial charge in [0.2, 0.25) is 5.09 Å². The number of carboxylic acids is 1. The van der Waals surface area contributed by atoms with E-state index in [0.717, 1.165) is 6.07 Å². The predicted octanol–water partition coefficient (Wildman–Crippen LogP) is 0.808. The van der Waals surface area contributed by atoms with Crippen LogP contribution in [0, 0.1) is 5.41 Å². The van der Waals surface area contributed by atoms with Crippen LogP contribution in [0.4, 0.5) is 0 Å². The van der Waals surface area contributed by atoms with Crippen LogP contribution in [0.1, 0.15) is 37.2 Å². The fraction of sp³-hybridized carbons (Fsp3) is 0.538. The Kier molecular flexibility index (Phi) is 5.72. The molecule has 0 aromatic carbocycles. The molecule has 0 aliphatic rings. The second kappa shape index (κ2) is 6.93. The number of hydrogen-bond acceptors (Lipinski definition) is 5. The van der Waals surface area contributed by atoms with Gasteiger partial charge in [0, 0.05) is 6.54 Å². The fourth-order valence-electron chi connectivity index (χ4n) is 1.90. The van der Waals surface area contributed by atoms with E-state index in [0.29, 0.717) is 12.8 Å². The molecular weight excluding hydrogens is 312 g/mol. The molecule has 0 aliphatic carbocycles. The number of sulfonamides is 1. The zero-order valence-corrected chi connectivity index (χ0v) is 13.5. The number of rotatable bonds is 8. The smallest absolute Gasteiger partial charge is 0.311 e. The number of carbonyl (C=O) groups excluding carboxylic acids is 1. The molecule has 1 rings (SSSR count). The van der Waals surface area contributed by atoms with Gasteiger partial charge < -0.3 is 14.8 Å². The Labute approximate surface area is 128 Å². The van der Waals surface area contributed by atoms with Crippen molar-refractivity contribution in [3.8, 4) is 0 Å². The molecule has 1 heterocycles. The Morgan fingerprint density at radius 3 is 2.32 bits per heavy atom. The van der Waals surface area contributed by atoms with Crippen molar-refractivity contribution in [2.75, 3.05) is 13.6 Å². The Hall–Kier alpha value is -1.87. The number of carbonyl (C=O) groups is 2. The summed E-state index contributed by atoms with van der Waals surface area (Å²) in [5.41, 5.74) is -1.05. The molecule has 3 N–H and O–H groups in total. The molecule has 1 amide bonds. The van der Waals surface area contributed by atoms with Crippen molar-refractivity contribution in [2.24, 2.45) is 5.41 Å². The summed E-state index contributed by atoms with van der Waals surface area (Å²) in [6.07, 6.45) is 0.716. The summed E-state index contributed by atoms with van der Waals surface area (Å²) < 4.78 is 30.1. The van der Waals surface area contributed by atoms with Gasteiger partial charge in [0.25, 0.3) is 15.9 Å². The highest BCUT2D eigenvalue weighted by Gasteiger charge is 2.35. The van der Waals surface area contributed by atoms with E-state index in [4.69, 9.17) is 4.42 Å². The van der Waals surface area contributed by atoms with Crippen molar-refractivity contribution >= 4 is 21.9 Å². The quantitative estimate of drug-likeness (QED) is 0.647. The van der Waals surface area contributed by atoms with Crippen LogP contribution < -0.4 is 10.0 Å². The van der Waals surface area contributed by atoms with Crippen LogP contribution in [-0.4, -0.2) is 39.0 Å². The molecular formula is C13H20N2O6S. The van der Waals surface area contributed by atoms with E-state index >= 15 is 0 Å². The van der Waals surface area contributed by atoms with E-state index < -0.39 is 27.3 Å². The summed E-state index contributed by atoms with van der Waals surface area (Å²) in [7, 11) is -2.54. The molecule has 0 saturated heterocycles. The summed E-state index contributed by atoms with van der Waals surface area (Å²) in [6, 6.07) is 2.38. The largest absolute Gasteiger partial charge is 0.481 e. The first kappa shape index (κ1) is 18.2. The minimum Gasteiger partial charge on any atom is -0.481 e. The lowest BCUT2D eigenvalue weighted by Gasteiger charge is -2.26. The van der Waals surface area contributed by atoms with E-state index in [1.807, 2.05) is 0 Å². The van der Waals surface area contributed by atoms with Crippen molar-refractivity contribution in [3.05, 3.63) is 17.9 Å². The SMILES string of the molecule is CCC(CC)(CNC(=O)c1ccc(S(=O)(=O)NC)o1)C(=O)O. The van der Waals surface area contributed by atoms with Gasteiger partial charge in [-0.3, -0.25) is 9.59 Å². The predicted molar refractivity (Wildman–Crippen MR) is 77.9 cm³/mol. The van der Waals surface area contributed by atoms with Gasteiger partial charge in [-0.15, -0.1) is 0 Å². The number of aliphatic carboxylic acids is 1. The maximum absolute atomic E-state index is 12.0. The molecule has 8 nitrogen and oxygen atoms in total. The molecule has 0 radical (unpaired) electrons. The van der Waals surface area contributed by atoms with Gasteiger partial charge in [0.15, 0.2) is 5.76 Å². The molecule has 0 spiro atoms. The zero-order chi connectivity index (χ0) is 17.0. The van der Waals surface area contributed by atoms with Gasteiger partial charge >= 0.3 is 5.97 Å². The van der Waals surface area contributed by atoms with Gasteiger partial charge in [-0.25, -0.2) is 13.1 Å². The third kappa shape index (κ3) is 3.66. The number of hydrogen-bond donors (Lipinski definition) is 3. The van der Waals surface area contributed by atoms with E-state index in [2.05, 4.69) is 10.0 Å². The van der Waals surface area contributed by atoms with Crippen LogP contribution in [0.3, 0.4) is 0 Å². The standard InChI is InChI=1S/C13H20N2O6S/c1-4-13(5-2,12(17)18)8-15-11(16)9-6-7-10(21-9)22(19,20)14-3/h6-7,14H,4-5,8H2,1-3H3,(H,15,16)(H,17,18). The highest BCUT2D eigenvalue weighted by Crippen LogP contribution is 2.26. The van der Waals surface area contributed by atoms with Crippen molar-refractivity contribution < 1.29 is 27.5 Å². The minimum absolute atomic E-state index is 0.0665.